The first-order valence-electron chi connectivity index (χ1n) is 14.2. The smallest absolute Gasteiger partial charge is 0.264 e. The molecule has 226 valence electrons. The fourth-order valence-corrected chi connectivity index (χ4v) is 6.60. The number of nitrogens with one attached hydrogen (secondary N) is 3. The number of rotatable bonds is 10. The van der Waals surface area contributed by atoms with Crippen LogP contribution in [0.25, 0.3) is 22.2 Å². The maximum Gasteiger partial charge on any atom is 0.264 e. The van der Waals surface area contributed by atoms with Crippen LogP contribution in [0.4, 0.5) is 0 Å². The number of pyridine rings is 1. The molecule has 6 rings (SSSR count). The third-order valence-corrected chi connectivity index (χ3v) is 9.43. The fraction of sp³-hybridized carbons (Fsp3) is 0.242. The third kappa shape index (κ3) is 5.76. The number of nitrogens with zero attached hydrogens (tertiary/aromatic N) is 1. The predicted molar refractivity (Wildman–Crippen MR) is 166 cm³/mol. The quantitative estimate of drug-likeness (QED) is 0.231. The van der Waals surface area contributed by atoms with Crippen LogP contribution in [0.2, 0.25) is 0 Å². The first-order chi connectivity index (χ1) is 21.2. The van der Waals surface area contributed by atoms with Crippen LogP contribution in [0.15, 0.2) is 102 Å². The highest BCUT2D eigenvalue weighted by atomic mass is 32.2. The van der Waals surface area contributed by atoms with Crippen molar-refractivity contribution in [3.63, 3.8) is 0 Å². The van der Waals surface area contributed by atoms with Crippen molar-refractivity contribution in [3.05, 3.63) is 97.6 Å². The zero-order valence-corrected chi connectivity index (χ0v) is 24.8. The van der Waals surface area contributed by atoms with Gasteiger partial charge in [-0.15, -0.1) is 6.58 Å². The fourth-order valence-electron chi connectivity index (χ4n) is 5.54. The summed E-state index contributed by atoms with van der Waals surface area (Å²) in [6.45, 7) is 4.15. The molecule has 2 aliphatic rings. The molecule has 1 aliphatic heterocycles. The summed E-state index contributed by atoms with van der Waals surface area (Å²) in [5.41, 5.74) is 0.988. The Morgan fingerprint density at radius 1 is 1.05 bits per heavy atom. The number of carbonyl (C=O) groups excluding carboxylic acids is 2. The Bertz CT molecular complexity index is 1830. The van der Waals surface area contributed by atoms with Gasteiger partial charge in [0, 0.05) is 42.0 Å². The minimum absolute atomic E-state index is 0.0411. The Kier molecular flexibility index (Phi) is 7.83. The highest BCUT2D eigenvalue weighted by Gasteiger charge is 2.61. The lowest BCUT2D eigenvalue weighted by atomic mass is 10.1. The van der Waals surface area contributed by atoms with E-state index in [2.05, 4.69) is 21.9 Å². The maximum atomic E-state index is 13.4. The van der Waals surface area contributed by atoms with Crippen LogP contribution in [0.1, 0.15) is 12.8 Å². The van der Waals surface area contributed by atoms with Gasteiger partial charge in [0.1, 0.15) is 23.1 Å². The number of amides is 2. The second-order valence-electron chi connectivity index (χ2n) is 10.9. The van der Waals surface area contributed by atoms with E-state index in [4.69, 9.17) is 14.5 Å². The number of carbonyl (C=O) groups is 2. The highest BCUT2D eigenvalue weighted by molar-refractivity contribution is 7.90. The zero-order chi connectivity index (χ0) is 30.9. The molecule has 11 heteroatoms. The summed E-state index contributed by atoms with van der Waals surface area (Å²) >= 11 is 0. The average Bonchev–Trinajstić information content (AvgIpc) is 3.56. The topological polar surface area (TPSA) is 136 Å². The van der Waals surface area contributed by atoms with Gasteiger partial charge in [0.25, 0.3) is 15.9 Å². The molecule has 3 N–H and O–H groups in total. The molecule has 0 bridgehead atoms. The third-order valence-electron chi connectivity index (χ3n) is 8.08. The number of methoxy groups -OCH3 is 1. The molecule has 2 unspecified atom stereocenters. The molecule has 10 nitrogen and oxygen atoms in total. The van der Waals surface area contributed by atoms with Crippen LogP contribution in [0.5, 0.6) is 11.5 Å². The maximum absolute atomic E-state index is 13.4. The molecule has 2 heterocycles. The standard InChI is InChI=1S/C33H32N4O6S/c1-3-22-19-33(22,32(39)37-44(40,41)25-12-8-5-9-13-25)36-31(38)29-17-24(20-34-29)43-30-18-27(21-10-6-4-7-11-21)35-28-16-23(42-2)14-15-26(28)30/h3-16,18,22,24,29,34H,1,17,19-20H2,2H3,(H,36,38)(H,37,39)/t22-,24?,29?,33-/m1/s1. The second-order valence-corrected chi connectivity index (χ2v) is 12.6. The lowest BCUT2D eigenvalue weighted by Gasteiger charge is -2.21. The second kappa shape index (κ2) is 11.7. The van der Waals surface area contributed by atoms with Crippen molar-refractivity contribution >= 4 is 32.7 Å². The predicted octanol–water partition coefficient (Wildman–Crippen LogP) is 3.59. The summed E-state index contributed by atoms with van der Waals surface area (Å²) in [5, 5.41) is 6.81. The molecule has 0 spiro atoms. The van der Waals surface area contributed by atoms with E-state index in [1.54, 1.807) is 31.4 Å². The number of aromatic nitrogens is 1. The molecule has 4 atom stereocenters. The first kappa shape index (κ1) is 29.3. The number of fused-ring (bicyclic) bond motifs is 1. The summed E-state index contributed by atoms with van der Waals surface area (Å²) in [5.74, 6) is -0.310. The van der Waals surface area contributed by atoms with E-state index in [1.165, 1.54) is 12.1 Å². The molecule has 44 heavy (non-hydrogen) atoms. The zero-order valence-electron chi connectivity index (χ0n) is 24.0. The lowest BCUT2D eigenvalue weighted by Crippen LogP contribution is -2.55. The van der Waals surface area contributed by atoms with Gasteiger partial charge >= 0.3 is 0 Å². The van der Waals surface area contributed by atoms with E-state index in [1.807, 2.05) is 54.6 Å². The Labute approximate surface area is 255 Å². The summed E-state index contributed by atoms with van der Waals surface area (Å²) in [4.78, 5) is 31.4. The molecule has 1 saturated heterocycles. The van der Waals surface area contributed by atoms with Crippen LogP contribution < -0.4 is 24.8 Å². The summed E-state index contributed by atoms with van der Waals surface area (Å²) in [7, 11) is -2.51. The van der Waals surface area contributed by atoms with E-state index >= 15 is 0 Å². The SMILES string of the molecule is C=C[C@@H]1C[C@]1(NC(=O)C1CC(Oc2cc(-c3ccccc3)nc3cc(OC)ccc23)CN1)C(=O)NS(=O)(=O)c1ccccc1. The Hall–Kier alpha value is -4.74. The molecule has 1 aromatic heterocycles. The largest absolute Gasteiger partial charge is 0.497 e. The Balaban J connectivity index is 1.17. The van der Waals surface area contributed by atoms with Crippen LogP contribution >= 0.6 is 0 Å². The number of hydrogen-bond donors (Lipinski definition) is 3. The average molecular weight is 613 g/mol. The normalized spacial score (nSPS) is 22.6. The van der Waals surface area contributed by atoms with E-state index in [0.29, 0.717) is 30.0 Å². The van der Waals surface area contributed by atoms with Gasteiger partial charge in [0.15, 0.2) is 0 Å². The molecule has 2 fully saturated rings. The molecule has 0 radical (unpaired) electrons. The van der Waals surface area contributed by atoms with Crippen molar-refractivity contribution in [2.45, 2.75) is 35.4 Å². The van der Waals surface area contributed by atoms with Gasteiger partial charge in [-0.05, 0) is 30.7 Å². The van der Waals surface area contributed by atoms with Crippen molar-refractivity contribution in [1.29, 1.82) is 0 Å². The molecular formula is C33H32N4O6S. The highest BCUT2D eigenvalue weighted by Crippen LogP contribution is 2.45. The summed E-state index contributed by atoms with van der Waals surface area (Å²) in [6, 6.07) is 24.2. The minimum atomic E-state index is -4.11. The molecule has 2 amide bonds. The van der Waals surface area contributed by atoms with E-state index in [-0.39, 0.29) is 17.4 Å². The van der Waals surface area contributed by atoms with Crippen molar-refractivity contribution in [1.82, 2.24) is 20.3 Å². The van der Waals surface area contributed by atoms with Gasteiger partial charge in [0.05, 0.1) is 29.3 Å². The summed E-state index contributed by atoms with van der Waals surface area (Å²) < 4.78 is 39.6. The van der Waals surface area contributed by atoms with E-state index < -0.39 is 39.3 Å². The number of hydrogen-bond acceptors (Lipinski definition) is 8. The van der Waals surface area contributed by atoms with E-state index in [9.17, 15) is 18.0 Å². The van der Waals surface area contributed by atoms with Crippen LogP contribution in [0, 0.1) is 5.92 Å². The van der Waals surface area contributed by atoms with Crippen LogP contribution in [-0.4, -0.2) is 56.6 Å². The van der Waals surface area contributed by atoms with Gasteiger partial charge in [-0.2, -0.15) is 0 Å². The lowest BCUT2D eigenvalue weighted by molar-refractivity contribution is -0.130. The van der Waals surface area contributed by atoms with Crippen molar-refractivity contribution < 1.29 is 27.5 Å². The van der Waals surface area contributed by atoms with Crippen LogP contribution in [-0.2, 0) is 19.6 Å². The molecular weight excluding hydrogens is 580 g/mol. The van der Waals surface area contributed by atoms with Gasteiger partial charge in [0.2, 0.25) is 5.91 Å². The van der Waals surface area contributed by atoms with Crippen molar-refractivity contribution in [2.24, 2.45) is 5.92 Å². The van der Waals surface area contributed by atoms with Gasteiger partial charge in [-0.1, -0.05) is 54.6 Å². The summed E-state index contributed by atoms with van der Waals surface area (Å²) in [6.07, 6.45) is 1.79. The van der Waals surface area contributed by atoms with Crippen molar-refractivity contribution in [3.8, 4) is 22.8 Å². The molecule has 4 aromatic rings. The number of sulfonamides is 1. The molecule has 1 saturated carbocycles. The number of ether oxygens (including phenoxy) is 2. The molecule has 1 aliphatic carbocycles. The van der Waals surface area contributed by atoms with Crippen LogP contribution in [0.3, 0.4) is 0 Å². The van der Waals surface area contributed by atoms with Crippen molar-refractivity contribution in [2.75, 3.05) is 13.7 Å². The van der Waals surface area contributed by atoms with Gasteiger partial charge in [-0.3, -0.25) is 9.59 Å². The molecule has 3 aromatic carbocycles. The monoisotopic (exact) mass is 612 g/mol. The number of benzene rings is 3. The minimum Gasteiger partial charge on any atom is -0.497 e. The van der Waals surface area contributed by atoms with Gasteiger partial charge in [-0.25, -0.2) is 18.1 Å². The Morgan fingerprint density at radius 2 is 1.77 bits per heavy atom. The van der Waals surface area contributed by atoms with Gasteiger partial charge < -0.3 is 20.1 Å². The first-order valence-corrected chi connectivity index (χ1v) is 15.7. The Morgan fingerprint density at radius 3 is 2.45 bits per heavy atom. The van der Waals surface area contributed by atoms with E-state index in [0.717, 1.165) is 16.6 Å².